The van der Waals surface area contributed by atoms with Gasteiger partial charge in [0.2, 0.25) is 0 Å². The van der Waals surface area contributed by atoms with Gasteiger partial charge in [-0.3, -0.25) is 4.52 Å². The summed E-state index contributed by atoms with van der Waals surface area (Å²) in [6.07, 6.45) is 3.16. The highest BCUT2D eigenvalue weighted by molar-refractivity contribution is 7.46. The molecule has 0 aliphatic rings. The Bertz CT molecular complexity index is 136. The Morgan fingerprint density at radius 2 is 2.22 bits per heavy atom. The molecule has 2 N–H and O–H groups in total. The molecule has 0 bridgehead atoms. The van der Waals surface area contributed by atoms with E-state index < -0.39 is 7.82 Å². The van der Waals surface area contributed by atoms with Crippen molar-refractivity contribution in [2.45, 2.75) is 6.92 Å². The summed E-state index contributed by atoms with van der Waals surface area (Å²) in [7, 11) is -4.25. The van der Waals surface area contributed by atoms with Crippen LogP contribution in [-0.4, -0.2) is 16.4 Å². The van der Waals surface area contributed by atoms with Crippen LogP contribution in [0.2, 0.25) is 0 Å². The van der Waals surface area contributed by atoms with Gasteiger partial charge in [0.05, 0.1) is 6.61 Å². The van der Waals surface area contributed by atoms with Crippen LogP contribution >= 0.6 is 7.82 Å². The second-order valence-corrected chi connectivity index (χ2v) is 2.59. The molecule has 0 aliphatic heterocycles. The zero-order valence-corrected chi connectivity index (χ0v) is 5.91. The summed E-state index contributed by atoms with van der Waals surface area (Å²) in [5.41, 5.74) is 0. The van der Waals surface area contributed by atoms with Gasteiger partial charge >= 0.3 is 7.82 Å². The standard InChI is InChI=1S/C4H9O4P/c1-2-3-4-8-9(5,6)7/h2-3H,4H2,1H3,(H2,5,6,7)/b3-2-. The highest BCUT2D eigenvalue weighted by Gasteiger charge is 2.10. The molecule has 0 saturated heterocycles. The first-order valence-electron chi connectivity index (χ1n) is 2.37. The number of phosphoric ester groups is 1. The fourth-order valence-corrected chi connectivity index (χ4v) is 0.517. The molecule has 0 atom stereocenters. The molecule has 0 fully saturated rings. The van der Waals surface area contributed by atoms with Crippen molar-refractivity contribution < 1.29 is 18.9 Å². The van der Waals surface area contributed by atoms with E-state index in [1.54, 1.807) is 13.0 Å². The molecule has 0 unspecified atom stereocenters. The molecule has 0 aromatic heterocycles. The maximum absolute atomic E-state index is 9.94. The second-order valence-electron chi connectivity index (χ2n) is 1.36. The number of phosphoric acid groups is 1. The zero-order valence-electron chi connectivity index (χ0n) is 5.02. The maximum Gasteiger partial charge on any atom is 0.469 e. The number of hydrogen-bond donors (Lipinski definition) is 2. The molecule has 54 valence electrons. The molecule has 5 heteroatoms. The number of hydrogen-bond acceptors (Lipinski definition) is 2. The lowest BCUT2D eigenvalue weighted by molar-refractivity contribution is 0.215. The molecular formula is C4H9O4P. The summed E-state index contributed by atoms with van der Waals surface area (Å²) in [4.78, 5) is 16.2. The largest absolute Gasteiger partial charge is 0.469 e. The Hall–Kier alpha value is -0.150. The van der Waals surface area contributed by atoms with Crippen LogP contribution in [0.15, 0.2) is 12.2 Å². The normalized spacial score (nSPS) is 12.8. The van der Waals surface area contributed by atoms with Gasteiger partial charge in [0.25, 0.3) is 0 Å². The van der Waals surface area contributed by atoms with Crippen LogP contribution in [0.3, 0.4) is 0 Å². The molecule has 0 spiro atoms. The van der Waals surface area contributed by atoms with Gasteiger partial charge in [-0.1, -0.05) is 12.2 Å². The zero-order chi connectivity index (χ0) is 7.33. The molecule has 0 heterocycles. The quantitative estimate of drug-likeness (QED) is 0.460. The van der Waals surface area contributed by atoms with Gasteiger partial charge in [-0.05, 0) is 6.92 Å². The first-order valence-corrected chi connectivity index (χ1v) is 3.90. The lowest BCUT2D eigenvalue weighted by atomic mass is 10.6. The molecule has 9 heavy (non-hydrogen) atoms. The fourth-order valence-electron chi connectivity index (χ4n) is 0.236. The third-order valence-corrected chi connectivity index (χ3v) is 1.06. The van der Waals surface area contributed by atoms with E-state index in [9.17, 15) is 4.57 Å². The predicted octanol–water partition coefficient (Wildman–Crippen LogP) is 0.672. The van der Waals surface area contributed by atoms with E-state index in [1.165, 1.54) is 6.08 Å². The van der Waals surface area contributed by atoms with E-state index >= 15 is 0 Å². The summed E-state index contributed by atoms with van der Waals surface area (Å²) in [5.74, 6) is 0. The van der Waals surface area contributed by atoms with Crippen molar-refractivity contribution in [1.82, 2.24) is 0 Å². The van der Waals surface area contributed by atoms with Gasteiger partial charge in [0.15, 0.2) is 0 Å². The summed E-state index contributed by atoms with van der Waals surface area (Å²) >= 11 is 0. The van der Waals surface area contributed by atoms with Crippen LogP contribution in [0.1, 0.15) is 6.92 Å². The molecule has 0 saturated carbocycles. The lowest BCUT2D eigenvalue weighted by Crippen LogP contribution is -1.86. The topological polar surface area (TPSA) is 66.8 Å². The Morgan fingerprint density at radius 1 is 1.67 bits per heavy atom. The Labute approximate surface area is 53.4 Å². The minimum Gasteiger partial charge on any atom is -0.303 e. The Morgan fingerprint density at radius 3 is 2.56 bits per heavy atom. The van der Waals surface area contributed by atoms with E-state index in [2.05, 4.69) is 4.52 Å². The third kappa shape index (κ3) is 7.85. The van der Waals surface area contributed by atoms with E-state index in [4.69, 9.17) is 9.79 Å². The molecule has 0 amide bonds. The first kappa shape index (κ1) is 8.85. The highest BCUT2D eigenvalue weighted by atomic mass is 31.2. The van der Waals surface area contributed by atoms with Crippen molar-refractivity contribution in [3.8, 4) is 0 Å². The SMILES string of the molecule is C/C=C\COP(=O)(O)O. The van der Waals surface area contributed by atoms with Crippen molar-refractivity contribution in [2.24, 2.45) is 0 Å². The average Bonchev–Trinajstić information content (AvgIpc) is 1.63. The highest BCUT2D eigenvalue weighted by Crippen LogP contribution is 2.35. The molecule has 0 radical (unpaired) electrons. The summed E-state index contributed by atoms with van der Waals surface area (Å²) in [5, 5.41) is 0. The van der Waals surface area contributed by atoms with Gasteiger partial charge in [-0.2, -0.15) is 0 Å². The van der Waals surface area contributed by atoms with Gasteiger partial charge in [-0.15, -0.1) is 0 Å². The molecular weight excluding hydrogens is 143 g/mol. The second kappa shape index (κ2) is 3.80. The van der Waals surface area contributed by atoms with Crippen molar-refractivity contribution in [1.29, 1.82) is 0 Å². The minimum absolute atomic E-state index is 0.0409. The van der Waals surface area contributed by atoms with Crippen LogP contribution < -0.4 is 0 Å². The molecule has 0 aliphatic carbocycles. The number of rotatable bonds is 3. The van der Waals surface area contributed by atoms with Crippen molar-refractivity contribution in [3.63, 3.8) is 0 Å². The van der Waals surface area contributed by atoms with E-state index in [-0.39, 0.29) is 6.61 Å². The lowest BCUT2D eigenvalue weighted by Gasteiger charge is -1.99. The molecule has 0 aromatic carbocycles. The van der Waals surface area contributed by atoms with Crippen LogP contribution in [0.4, 0.5) is 0 Å². The maximum atomic E-state index is 9.94. The van der Waals surface area contributed by atoms with Gasteiger partial charge in [0.1, 0.15) is 0 Å². The minimum atomic E-state index is -4.25. The summed E-state index contributed by atoms with van der Waals surface area (Å²) in [6, 6.07) is 0. The average molecular weight is 152 g/mol. The van der Waals surface area contributed by atoms with Crippen molar-refractivity contribution in [3.05, 3.63) is 12.2 Å². The van der Waals surface area contributed by atoms with E-state index in [1.807, 2.05) is 0 Å². The van der Waals surface area contributed by atoms with E-state index in [0.29, 0.717) is 0 Å². The summed E-state index contributed by atoms with van der Waals surface area (Å²) < 4.78 is 14.0. The fraction of sp³-hybridized carbons (Fsp3) is 0.500. The molecule has 4 nitrogen and oxygen atoms in total. The van der Waals surface area contributed by atoms with Crippen LogP contribution in [0.25, 0.3) is 0 Å². The Kier molecular flexibility index (Phi) is 3.73. The van der Waals surface area contributed by atoms with Gasteiger partial charge in [-0.25, -0.2) is 4.57 Å². The smallest absolute Gasteiger partial charge is 0.303 e. The summed E-state index contributed by atoms with van der Waals surface area (Å²) in [6.45, 7) is 1.70. The molecule has 0 aromatic rings. The third-order valence-electron chi connectivity index (χ3n) is 0.575. The van der Waals surface area contributed by atoms with Gasteiger partial charge < -0.3 is 9.79 Å². The van der Waals surface area contributed by atoms with Crippen molar-refractivity contribution >= 4 is 7.82 Å². The van der Waals surface area contributed by atoms with Crippen LogP contribution in [0.5, 0.6) is 0 Å². The number of allylic oxidation sites excluding steroid dienone is 1. The predicted molar refractivity (Wildman–Crippen MR) is 32.8 cm³/mol. The van der Waals surface area contributed by atoms with Crippen LogP contribution in [0, 0.1) is 0 Å². The van der Waals surface area contributed by atoms with Gasteiger partial charge in [0, 0.05) is 0 Å². The van der Waals surface area contributed by atoms with E-state index in [0.717, 1.165) is 0 Å². The monoisotopic (exact) mass is 152 g/mol. The Balaban J connectivity index is 3.40. The van der Waals surface area contributed by atoms with Crippen LogP contribution in [-0.2, 0) is 9.09 Å². The molecule has 0 rings (SSSR count). The van der Waals surface area contributed by atoms with Crippen molar-refractivity contribution in [2.75, 3.05) is 6.61 Å². The first-order chi connectivity index (χ1) is 4.06.